The van der Waals surface area contributed by atoms with Crippen LogP contribution in [-0.2, 0) is 4.79 Å². The van der Waals surface area contributed by atoms with Crippen LogP contribution in [0.25, 0.3) is 0 Å². The summed E-state index contributed by atoms with van der Waals surface area (Å²) < 4.78 is 5.62. The lowest BCUT2D eigenvalue weighted by Crippen LogP contribution is -2.55. The molecular weight excluding hydrogens is 252 g/mol. The van der Waals surface area contributed by atoms with Gasteiger partial charge in [-0.05, 0) is 18.9 Å². The van der Waals surface area contributed by atoms with E-state index in [4.69, 9.17) is 10.5 Å². The van der Waals surface area contributed by atoms with Crippen LogP contribution >= 0.6 is 0 Å². The molecule has 1 unspecified atom stereocenters. The topological polar surface area (TPSA) is 64.4 Å². The first-order valence-electron chi connectivity index (χ1n) is 7.51. The number of carbonyl (C=O) groups excluding carboxylic acids is 1. The van der Waals surface area contributed by atoms with Crippen molar-refractivity contribution < 1.29 is 9.53 Å². The molecule has 108 valence electrons. The normalized spacial score (nSPS) is 24.4. The van der Waals surface area contributed by atoms with Gasteiger partial charge in [-0.3, -0.25) is 4.79 Å². The number of amides is 1. The maximum absolute atomic E-state index is 12.5. The standard InChI is InChI=1S/C16H22N2O2/c17-16(9-4-1-5-10-16)15(19)18-13-8-11-20-14-7-3-2-6-12(13)14/h2-3,6-7,13H,1,4-5,8-11,17H2,(H,18,19). The van der Waals surface area contributed by atoms with Crippen LogP contribution in [0.5, 0.6) is 5.75 Å². The Morgan fingerprint density at radius 2 is 2.00 bits per heavy atom. The Balaban J connectivity index is 1.74. The highest BCUT2D eigenvalue weighted by atomic mass is 16.5. The van der Waals surface area contributed by atoms with E-state index in [0.717, 1.165) is 43.4 Å². The third kappa shape index (κ3) is 2.52. The highest BCUT2D eigenvalue weighted by Gasteiger charge is 2.37. The molecule has 0 saturated heterocycles. The summed E-state index contributed by atoms with van der Waals surface area (Å²) in [5, 5.41) is 3.14. The van der Waals surface area contributed by atoms with Crippen LogP contribution in [0, 0.1) is 0 Å². The van der Waals surface area contributed by atoms with Crippen molar-refractivity contribution in [1.82, 2.24) is 5.32 Å². The van der Waals surface area contributed by atoms with Crippen LogP contribution in [0.3, 0.4) is 0 Å². The lowest BCUT2D eigenvalue weighted by molar-refractivity contribution is -0.128. The zero-order valence-corrected chi connectivity index (χ0v) is 11.7. The molecule has 1 amide bonds. The summed E-state index contributed by atoms with van der Waals surface area (Å²) in [6, 6.07) is 7.92. The highest BCUT2D eigenvalue weighted by molar-refractivity contribution is 5.86. The fourth-order valence-corrected chi connectivity index (χ4v) is 3.20. The van der Waals surface area contributed by atoms with E-state index >= 15 is 0 Å². The number of hydrogen-bond donors (Lipinski definition) is 2. The molecule has 4 nitrogen and oxygen atoms in total. The van der Waals surface area contributed by atoms with Crippen molar-refractivity contribution in [3.05, 3.63) is 29.8 Å². The average Bonchev–Trinajstić information content (AvgIpc) is 2.48. The first-order valence-corrected chi connectivity index (χ1v) is 7.51. The molecule has 1 saturated carbocycles. The summed E-state index contributed by atoms with van der Waals surface area (Å²) in [4.78, 5) is 12.5. The van der Waals surface area contributed by atoms with Gasteiger partial charge in [0.15, 0.2) is 0 Å². The molecule has 4 heteroatoms. The Morgan fingerprint density at radius 1 is 1.25 bits per heavy atom. The summed E-state index contributed by atoms with van der Waals surface area (Å²) in [7, 11) is 0. The first kappa shape index (κ1) is 13.4. The van der Waals surface area contributed by atoms with E-state index in [0.29, 0.717) is 6.61 Å². The maximum Gasteiger partial charge on any atom is 0.240 e. The van der Waals surface area contributed by atoms with Gasteiger partial charge >= 0.3 is 0 Å². The quantitative estimate of drug-likeness (QED) is 0.869. The average molecular weight is 274 g/mol. The predicted octanol–water partition coefficient (Wildman–Crippen LogP) is 2.29. The van der Waals surface area contributed by atoms with Crippen LogP contribution < -0.4 is 15.8 Å². The van der Waals surface area contributed by atoms with E-state index in [-0.39, 0.29) is 11.9 Å². The van der Waals surface area contributed by atoms with Crippen LogP contribution in [0.1, 0.15) is 50.1 Å². The predicted molar refractivity (Wildman–Crippen MR) is 77.4 cm³/mol. The van der Waals surface area contributed by atoms with E-state index in [2.05, 4.69) is 5.32 Å². The van der Waals surface area contributed by atoms with Gasteiger partial charge in [-0.2, -0.15) is 0 Å². The van der Waals surface area contributed by atoms with E-state index in [1.807, 2.05) is 24.3 Å². The van der Waals surface area contributed by atoms with Gasteiger partial charge < -0.3 is 15.8 Å². The molecule has 3 rings (SSSR count). The van der Waals surface area contributed by atoms with Crippen molar-refractivity contribution in [3.63, 3.8) is 0 Å². The molecule has 1 aromatic carbocycles. The summed E-state index contributed by atoms with van der Waals surface area (Å²) in [5.41, 5.74) is 6.68. The van der Waals surface area contributed by atoms with Gasteiger partial charge in [0.2, 0.25) is 5.91 Å². The van der Waals surface area contributed by atoms with Gasteiger partial charge in [-0.15, -0.1) is 0 Å². The monoisotopic (exact) mass is 274 g/mol. The second-order valence-electron chi connectivity index (χ2n) is 5.92. The second kappa shape index (κ2) is 5.44. The SMILES string of the molecule is NC1(C(=O)NC2CCOc3ccccc32)CCCCC1. The molecular formula is C16H22N2O2. The van der Waals surface area contributed by atoms with E-state index in [1.165, 1.54) is 6.42 Å². The molecule has 3 N–H and O–H groups in total. The molecule has 1 atom stereocenters. The molecule has 20 heavy (non-hydrogen) atoms. The van der Waals surface area contributed by atoms with E-state index < -0.39 is 5.54 Å². The molecule has 2 aliphatic rings. The lowest BCUT2D eigenvalue weighted by Gasteiger charge is -2.35. The largest absolute Gasteiger partial charge is 0.493 e. The van der Waals surface area contributed by atoms with Crippen molar-refractivity contribution >= 4 is 5.91 Å². The Labute approximate surface area is 119 Å². The number of carbonyl (C=O) groups is 1. The summed E-state index contributed by atoms with van der Waals surface area (Å²) >= 11 is 0. The number of benzene rings is 1. The van der Waals surface area contributed by atoms with Crippen molar-refractivity contribution in [1.29, 1.82) is 0 Å². The molecule has 0 bridgehead atoms. The fourth-order valence-electron chi connectivity index (χ4n) is 3.20. The molecule has 1 fully saturated rings. The maximum atomic E-state index is 12.5. The van der Waals surface area contributed by atoms with Crippen LogP contribution in [0.4, 0.5) is 0 Å². The van der Waals surface area contributed by atoms with Crippen LogP contribution in [0.2, 0.25) is 0 Å². The number of fused-ring (bicyclic) bond motifs is 1. The molecule has 0 radical (unpaired) electrons. The van der Waals surface area contributed by atoms with Gasteiger partial charge in [0.1, 0.15) is 5.75 Å². The zero-order valence-electron chi connectivity index (χ0n) is 11.7. The Morgan fingerprint density at radius 3 is 2.80 bits per heavy atom. The molecule has 1 heterocycles. The van der Waals surface area contributed by atoms with Crippen molar-refractivity contribution in [2.75, 3.05) is 6.61 Å². The van der Waals surface area contributed by atoms with Crippen molar-refractivity contribution in [2.45, 2.75) is 50.1 Å². The molecule has 1 aliphatic carbocycles. The highest BCUT2D eigenvalue weighted by Crippen LogP contribution is 2.33. The van der Waals surface area contributed by atoms with Gasteiger partial charge in [0.25, 0.3) is 0 Å². The molecule has 1 aliphatic heterocycles. The minimum atomic E-state index is -0.675. The zero-order chi connectivity index (χ0) is 14.0. The fraction of sp³-hybridized carbons (Fsp3) is 0.562. The number of nitrogens with one attached hydrogen (secondary N) is 1. The number of ether oxygens (including phenoxy) is 1. The smallest absolute Gasteiger partial charge is 0.240 e. The Kier molecular flexibility index (Phi) is 3.66. The molecule has 0 aromatic heterocycles. The number of hydrogen-bond acceptors (Lipinski definition) is 3. The summed E-state index contributed by atoms with van der Waals surface area (Å²) in [5.74, 6) is 0.873. The second-order valence-corrected chi connectivity index (χ2v) is 5.92. The number of rotatable bonds is 2. The number of para-hydroxylation sites is 1. The summed E-state index contributed by atoms with van der Waals surface area (Å²) in [6.45, 7) is 0.638. The molecule has 1 aromatic rings. The minimum Gasteiger partial charge on any atom is -0.493 e. The lowest BCUT2D eigenvalue weighted by atomic mass is 9.81. The third-order valence-electron chi connectivity index (χ3n) is 4.46. The van der Waals surface area contributed by atoms with Gasteiger partial charge in [-0.1, -0.05) is 37.5 Å². The Bertz CT molecular complexity index is 495. The molecule has 0 spiro atoms. The number of nitrogens with two attached hydrogens (primary N) is 1. The van der Waals surface area contributed by atoms with E-state index in [9.17, 15) is 4.79 Å². The minimum absolute atomic E-state index is 0.00102. The van der Waals surface area contributed by atoms with Gasteiger partial charge in [-0.25, -0.2) is 0 Å². The first-order chi connectivity index (χ1) is 9.69. The third-order valence-corrected chi connectivity index (χ3v) is 4.46. The Hall–Kier alpha value is -1.55. The van der Waals surface area contributed by atoms with Crippen LogP contribution in [-0.4, -0.2) is 18.1 Å². The van der Waals surface area contributed by atoms with Gasteiger partial charge in [0, 0.05) is 12.0 Å². The van der Waals surface area contributed by atoms with Crippen LogP contribution in [0.15, 0.2) is 24.3 Å². The van der Waals surface area contributed by atoms with Crippen molar-refractivity contribution in [2.24, 2.45) is 5.73 Å². The van der Waals surface area contributed by atoms with Crippen molar-refractivity contribution in [3.8, 4) is 5.75 Å². The van der Waals surface area contributed by atoms with Gasteiger partial charge in [0.05, 0.1) is 18.2 Å². The van der Waals surface area contributed by atoms with E-state index in [1.54, 1.807) is 0 Å². The summed E-state index contributed by atoms with van der Waals surface area (Å²) in [6.07, 6.45) is 5.68.